The minimum Gasteiger partial charge on any atom is -0.323 e. The maximum Gasteiger partial charge on any atom is 0.325 e. The summed E-state index contributed by atoms with van der Waals surface area (Å²) in [7, 11) is 0. The maximum atomic E-state index is 13.4. The number of hydrogen-bond acceptors (Lipinski definition) is 4. The number of hydrogen-bond donors (Lipinski definition) is 2. The molecule has 9 heteroatoms. The van der Waals surface area contributed by atoms with Crippen LogP contribution in [0.25, 0.3) is 5.69 Å². The standard InChI is InChI=1S/C24H30FN5O3/c1-23(2,3)18-15-19(30(28-18)17-10-8-16(25)9-11-17)26-20(31)7-6-14-29-21(32)24(27-22(29)33)12-4-5-13-24/h8-11,15H,4-7,12-14H2,1-3H3,(H,26,31)(H,27,33). The van der Waals surface area contributed by atoms with Crippen molar-refractivity contribution in [2.75, 3.05) is 11.9 Å². The van der Waals surface area contributed by atoms with Crippen LogP contribution in [0.1, 0.15) is 65.0 Å². The fourth-order valence-corrected chi connectivity index (χ4v) is 4.42. The molecule has 2 heterocycles. The van der Waals surface area contributed by atoms with Crippen LogP contribution in [0.2, 0.25) is 0 Å². The van der Waals surface area contributed by atoms with Crippen molar-refractivity contribution in [3.05, 3.63) is 41.8 Å². The van der Waals surface area contributed by atoms with Gasteiger partial charge in [0, 0.05) is 24.4 Å². The zero-order valence-corrected chi connectivity index (χ0v) is 19.3. The van der Waals surface area contributed by atoms with Gasteiger partial charge in [0.2, 0.25) is 5.91 Å². The number of rotatable bonds is 6. The lowest BCUT2D eigenvalue weighted by Crippen LogP contribution is -2.44. The molecule has 1 saturated carbocycles. The second-order valence-electron chi connectivity index (χ2n) is 9.88. The molecule has 1 aromatic heterocycles. The van der Waals surface area contributed by atoms with Gasteiger partial charge in [0.1, 0.15) is 17.2 Å². The Labute approximate surface area is 192 Å². The third-order valence-electron chi connectivity index (χ3n) is 6.31. The van der Waals surface area contributed by atoms with E-state index < -0.39 is 5.54 Å². The molecule has 4 rings (SSSR count). The van der Waals surface area contributed by atoms with E-state index in [-0.39, 0.29) is 42.0 Å². The number of benzene rings is 1. The molecule has 2 N–H and O–H groups in total. The molecule has 33 heavy (non-hydrogen) atoms. The molecule has 0 unspecified atom stereocenters. The summed E-state index contributed by atoms with van der Waals surface area (Å²) >= 11 is 0. The Kier molecular flexibility index (Phi) is 5.99. The number of halogens is 1. The van der Waals surface area contributed by atoms with Gasteiger partial charge in [-0.1, -0.05) is 33.6 Å². The molecule has 1 spiro atoms. The molecule has 2 aromatic rings. The zero-order valence-electron chi connectivity index (χ0n) is 19.3. The van der Waals surface area contributed by atoms with E-state index in [1.807, 2.05) is 26.8 Å². The smallest absolute Gasteiger partial charge is 0.323 e. The fraction of sp³-hybridized carbons (Fsp3) is 0.500. The van der Waals surface area contributed by atoms with Crippen LogP contribution in [0.3, 0.4) is 0 Å². The van der Waals surface area contributed by atoms with Gasteiger partial charge in [-0.3, -0.25) is 14.5 Å². The predicted molar refractivity (Wildman–Crippen MR) is 122 cm³/mol. The van der Waals surface area contributed by atoms with Crippen molar-refractivity contribution in [1.82, 2.24) is 20.0 Å². The third kappa shape index (κ3) is 4.62. The van der Waals surface area contributed by atoms with E-state index >= 15 is 0 Å². The summed E-state index contributed by atoms with van der Waals surface area (Å²) in [6, 6.07) is 7.32. The van der Waals surface area contributed by atoms with Crippen molar-refractivity contribution in [1.29, 1.82) is 0 Å². The van der Waals surface area contributed by atoms with Gasteiger partial charge in [-0.15, -0.1) is 0 Å². The van der Waals surface area contributed by atoms with Crippen LogP contribution < -0.4 is 10.6 Å². The van der Waals surface area contributed by atoms with E-state index in [4.69, 9.17) is 0 Å². The summed E-state index contributed by atoms with van der Waals surface area (Å²) in [6.45, 7) is 6.26. The lowest BCUT2D eigenvalue weighted by atomic mass is 9.92. The lowest BCUT2D eigenvalue weighted by molar-refractivity contribution is -0.131. The lowest BCUT2D eigenvalue weighted by Gasteiger charge is -2.19. The average Bonchev–Trinajstić information content (AvgIpc) is 3.44. The molecule has 2 aliphatic rings. The van der Waals surface area contributed by atoms with Crippen LogP contribution in [-0.4, -0.2) is 44.6 Å². The van der Waals surface area contributed by atoms with E-state index in [0.717, 1.165) is 18.5 Å². The highest BCUT2D eigenvalue weighted by Crippen LogP contribution is 2.35. The van der Waals surface area contributed by atoms with Gasteiger partial charge in [0.05, 0.1) is 11.4 Å². The molecule has 0 bridgehead atoms. The van der Waals surface area contributed by atoms with Crippen LogP contribution >= 0.6 is 0 Å². The highest BCUT2D eigenvalue weighted by atomic mass is 19.1. The number of nitrogens with one attached hydrogen (secondary N) is 2. The van der Waals surface area contributed by atoms with E-state index in [2.05, 4.69) is 15.7 Å². The Bertz CT molecular complexity index is 1060. The van der Waals surface area contributed by atoms with Gasteiger partial charge < -0.3 is 10.6 Å². The fourth-order valence-electron chi connectivity index (χ4n) is 4.42. The summed E-state index contributed by atoms with van der Waals surface area (Å²) < 4.78 is 15.0. The predicted octanol–water partition coefficient (Wildman–Crippen LogP) is 3.89. The number of urea groups is 1. The topological polar surface area (TPSA) is 96.3 Å². The second-order valence-corrected chi connectivity index (χ2v) is 9.88. The van der Waals surface area contributed by atoms with Crippen molar-refractivity contribution < 1.29 is 18.8 Å². The number of carbonyl (C=O) groups excluding carboxylic acids is 3. The Balaban J connectivity index is 1.41. The molecule has 1 aliphatic heterocycles. The maximum absolute atomic E-state index is 13.4. The van der Waals surface area contributed by atoms with Crippen LogP contribution in [0, 0.1) is 5.82 Å². The minimum absolute atomic E-state index is 0.142. The van der Waals surface area contributed by atoms with E-state index in [1.54, 1.807) is 16.8 Å². The van der Waals surface area contributed by atoms with Crippen LogP contribution in [-0.2, 0) is 15.0 Å². The first-order valence-corrected chi connectivity index (χ1v) is 11.4. The van der Waals surface area contributed by atoms with Gasteiger partial charge in [-0.05, 0) is 43.5 Å². The molecule has 0 atom stereocenters. The largest absolute Gasteiger partial charge is 0.325 e. The number of carbonyl (C=O) groups is 3. The van der Waals surface area contributed by atoms with E-state index in [0.29, 0.717) is 30.8 Å². The summed E-state index contributed by atoms with van der Waals surface area (Å²) in [5.41, 5.74) is 0.432. The Hall–Kier alpha value is -3.23. The number of nitrogens with zero attached hydrogens (tertiary/aromatic N) is 3. The molecule has 4 amide bonds. The van der Waals surface area contributed by atoms with Crippen LogP contribution in [0.5, 0.6) is 0 Å². The van der Waals surface area contributed by atoms with Crippen molar-refractivity contribution in [3.8, 4) is 5.69 Å². The first kappa shape index (κ1) is 22.9. The Morgan fingerprint density at radius 2 is 1.85 bits per heavy atom. The van der Waals surface area contributed by atoms with Gasteiger partial charge in [-0.2, -0.15) is 5.10 Å². The summed E-state index contributed by atoms with van der Waals surface area (Å²) in [6.07, 6.45) is 3.72. The Morgan fingerprint density at radius 1 is 1.18 bits per heavy atom. The van der Waals surface area contributed by atoms with Crippen molar-refractivity contribution in [3.63, 3.8) is 0 Å². The first-order chi connectivity index (χ1) is 15.6. The SMILES string of the molecule is CC(C)(C)c1cc(NC(=O)CCCN2C(=O)NC3(CCCC3)C2=O)n(-c2ccc(F)cc2)n1. The number of aromatic nitrogens is 2. The molecule has 1 saturated heterocycles. The minimum atomic E-state index is -0.732. The van der Waals surface area contributed by atoms with Crippen LogP contribution in [0.15, 0.2) is 30.3 Å². The molecule has 1 aromatic carbocycles. The average molecular weight is 456 g/mol. The Morgan fingerprint density at radius 3 is 2.48 bits per heavy atom. The first-order valence-electron chi connectivity index (χ1n) is 11.4. The van der Waals surface area contributed by atoms with Crippen molar-refractivity contribution >= 4 is 23.7 Å². The van der Waals surface area contributed by atoms with Gasteiger partial charge in [0.25, 0.3) is 5.91 Å². The highest BCUT2D eigenvalue weighted by molar-refractivity contribution is 6.07. The number of imide groups is 1. The van der Waals surface area contributed by atoms with Crippen LogP contribution in [0.4, 0.5) is 15.0 Å². The van der Waals surface area contributed by atoms with E-state index in [9.17, 15) is 18.8 Å². The van der Waals surface area contributed by atoms with Crippen molar-refractivity contribution in [2.45, 2.75) is 70.3 Å². The molecule has 176 valence electrons. The molecule has 8 nitrogen and oxygen atoms in total. The molecular formula is C24H30FN5O3. The normalized spacial score (nSPS) is 17.6. The third-order valence-corrected chi connectivity index (χ3v) is 6.31. The van der Waals surface area contributed by atoms with E-state index in [1.165, 1.54) is 17.0 Å². The monoisotopic (exact) mass is 455 g/mol. The second kappa shape index (κ2) is 8.61. The number of anilines is 1. The van der Waals surface area contributed by atoms with Gasteiger partial charge in [-0.25, -0.2) is 13.9 Å². The summed E-state index contributed by atoms with van der Waals surface area (Å²) in [5.74, 6) is -0.292. The highest BCUT2D eigenvalue weighted by Gasteiger charge is 2.52. The van der Waals surface area contributed by atoms with Gasteiger partial charge >= 0.3 is 6.03 Å². The quantitative estimate of drug-likeness (QED) is 0.646. The molecule has 1 aliphatic carbocycles. The molecular weight excluding hydrogens is 425 g/mol. The summed E-state index contributed by atoms with van der Waals surface area (Å²) in [4.78, 5) is 38.9. The number of amides is 4. The molecule has 0 radical (unpaired) electrons. The zero-order chi connectivity index (χ0) is 23.8. The summed E-state index contributed by atoms with van der Waals surface area (Å²) in [5, 5.41) is 10.3. The molecule has 2 fully saturated rings. The van der Waals surface area contributed by atoms with Gasteiger partial charge in [0.15, 0.2) is 0 Å². The van der Waals surface area contributed by atoms with Crippen molar-refractivity contribution in [2.24, 2.45) is 0 Å².